The van der Waals surface area contributed by atoms with E-state index in [0.29, 0.717) is 5.82 Å². The van der Waals surface area contributed by atoms with E-state index >= 15 is 0 Å². The third kappa shape index (κ3) is 2.51. The Balaban J connectivity index is 2.11. The number of carbonyl (C=O) groups excluding carboxylic acids is 1. The van der Waals surface area contributed by atoms with Gasteiger partial charge in [-0.05, 0) is 19.1 Å². The Morgan fingerprint density at radius 3 is 2.61 bits per heavy atom. The van der Waals surface area contributed by atoms with Gasteiger partial charge >= 0.3 is 0 Å². The molecule has 0 atom stereocenters. The van der Waals surface area contributed by atoms with Gasteiger partial charge in [-0.1, -0.05) is 18.2 Å². The highest BCUT2D eigenvalue weighted by Gasteiger charge is 2.13. The van der Waals surface area contributed by atoms with Gasteiger partial charge in [-0.15, -0.1) is 0 Å². The highest BCUT2D eigenvalue weighted by Crippen LogP contribution is 2.12. The number of amides is 1. The van der Waals surface area contributed by atoms with Crippen LogP contribution in [0, 0.1) is 6.92 Å². The number of anilines is 2. The predicted molar refractivity (Wildman–Crippen MR) is 71.2 cm³/mol. The highest BCUT2D eigenvalue weighted by atomic mass is 16.2. The van der Waals surface area contributed by atoms with Crippen LogP contribution in [0.5, 0.6) is 0 Å². The van der Waals surface area contributed by atoms with E-state index in [1.807, 2.05) is 37.3 Å². The molecule has 0 bridgehead atoms. The summed E-state index contributed by atoms with van der Waals surface area (Å²) in [6.07, 6.45) is 0. The van der Waals surface area contributed by atoms with Crippen LogP contribution in [0.1, 0.15) is 5.69 Å². The summed E-state index contributed by atoms with van der Waals surface area (Å²) in [5.41, 5.74) is 7.32. The Morgan fingerprint density at radius 1 is 1.39 bits per heavy atom. The fourth-order valence-electron chi connectivity index (χ4n) is 1.73. The molecule has 2 N–H and O–H groups in total. The Labute approximate surface area is 106 Å². The van der Waals surface area contributed by atoms with Crippen LogP contribution in [0.3, 0.4) is 0 Å². The second-order valence-corrected chi connectivity index (χ2v) is 4.16. The Bertz CT molecular complexity index is 547. The molecule has 0 saturated heterocycles. The molecule has 18 heavy (non-hydrogen) atoms. The number of hydrogen-bond acceptors (Lipinski definition) is 3. The van der Waals surface area contributed by atoms with Gasteiger partial charge in [0.05, 0.1) is 0 Å². The molecule has 0 fully saturated rings. The first-order valence-electron chi connectivity index (χ1n) is 5.69. The molecule has 2 rings (SSSR count). The van der Waals surface area contributed by atoms with E-state index in [-0.39, 0.29) is 12.5 Å². The lowest BCUT2D eigenvalue weighted by Gasteiger charge is -2.17. The van der Waals surface area contributed by atoms with Crippen molar-refractivity contribution in [3.8, 4) is 0 Å². The summed E-state index contributed by atoms with van der Waals surface area (Å²) >= 11 is 0. The quantitative estimate of drug-likeness (QED) is 0.888. The molecule has 94 valence electrons. The van der Waals surface area contributed by atoms with Crippen LogP contribution in [0.4, 0.5) is 11.5 Å². The van der Waals surface area contributed by atoms with Gasteiger partial charge in [-0.2, -0.15) is 5.10 Å². The zero-order valence-electron chi connectivity index (χ0n) is 10.5. The molecule has 1 aromatic carbocycles. The van der Waals surface area contributed by atoms with E-state index in [0.717, 1.165) is 11.4 Å². The van der Waals surface area contributed by atoms with Crippen molar-refractivity contribution in [3.63, 3.8) is 0 Å². The molecule has 1 heterocycles. The van der Waals surface area contributed by atoms with Crippen LogP contribution in [0.25, 0.3) is 0 Å². The highest BCUT2D eigenvalue weighted by molar-refractivity contribution is 5.92. The lowest BCUT2D eigenvalue weighted by Crippen LogP contribution is -2.30. The maximum absolute atomic E-state index is 12.1. The molecule has 0 radical (unpaired) electrons. The van der Waals surface area contributed by atoms with E-state index in [9.17, 15) is 4.79 Å². The molecule has 1 aromatic heterocycles. The van der Waals surface area contributed by atoms with Gasteiger partial charge in [-0.3, -0.25) is 9.48 Å². The summed E-state index contributed by atoms with van der Waals surface area (Å²) in [5.74, 6) is 0.398. The fraction of sp³-hybridized carbons (Fsp3) is 0.231. The van der Waals surface area contributed by atoms with Crippen molar-refractivity contribution in [2.45, 2.75) is 13.5 Å². The van der Waals surface area contributed by atoms with Crippen molar-refractivity contribution in [1.82, 2.24) is 9.78 Å². The Hall–Kier alpha value is -2.30. The summed E-state index contributed by atoms with van der Waals surface area (Å²) in [4.78, 5) is 13.7. The largest absolute Gasteiger partial charge is 0.382 e. The van der Waals surface area contributed by atoms with E-state index in [2.05, 4.69) is 5.10 Å². The molecule has 2 aromatic rings. The van der Waals surface area contributed by atoms with Crippen LogP contribution in [0.2, 0.25) is 0 Å². The summed E-state index contributed by atoms with van der Waals surface area (Å²) < 4.78 is 1.61. The summed E-state index contributed by atoms with van der Waals surface area (Å²) in [6.45, 7) is 2.06. The molecule has 1 amide bonds. The van der Waals surface area contributed by atoms with Crippen molar-refractivity contribution in [1.29, 1.82) is 0 Å². The first kappa shape index (κ1) is 12.2. The maximum atomic E-state index is 12.1. The third-order valence-electron chi connectivity index (χ3n) is 2.80. The number of benzene rings is 1. The van der Waals surface area contributed by atoms with Crippen LogP contribution in [0.15, 0.2) is 36.4 Å². The van der Waals surface area contributed by atoms with Crippen molar-refractivity contribution < 1.29 is 4.79 Å². The van der Waals surface area contributed by atoms with Crippen molar-refractivity contribution in [3.05, 3.63) is 42.1 Å². The number of nitrogen functional groups attached to an aromatic ring is 1. The minimum absolute atomic E-state index is 0.0348. The molecule has 0 unspecified atom stereocenters. The van der Waals surface area contributed by atoms with Crippen LogP contribution in [-0.4, -0.2) is 22.7 Å². The minimum atomic E-state index is -0.0348. The molecular formula is C13H16N4O. The van der Waals surface area contributed by atoms with E-state index in [4.69, 9.17) is 5.73 Å². The van der Waals surface area contributed by atoms with Crippen LogP contribution in [-0.2, 0) is 11.3 Å². The number of aryl methyl sites for hydroxylation is 1. The average molecular weight is 244 g/mol. The number of likely N-dealkylation sites (N-methyl/N-ethyl adjacent to an activating group) is 1. The second-order valence-electron chi connectivity index (χ2n) is 4.16. The number of para-hydroxylation sites is 1. The number of nitrogens with two attached hydrogens (primary N) is 1. The topological polar surface area (TPSA) is 64.1 Å². The van der Waals surface area contributed by atoms with Gasteiger partial charge in [0.15, 0.2) is 0 Å². The zero-order valence-corrected chi connectivity index (χ0v) is 10.5. The zero-order chi connectivity index (χ0) is 13.1. The normalized spacial score (nSPS) is 10.3. The lowest BCUT2D eigenvalue weighted by atomic mass is 10.3. The third-order valence-corrected chi connectivity index (χ3v) is 2.80. The number of rotatable bonds is 3. The fourth-order valence-corrected chi connectivity index (χ4v) is 1.73. The van der Waals surface area contributed by atoms with Gasteiger partial charge in [0.25, 0.3) is 0 Å². The molecule has 5 nitrogen and oxygen atoms in total. The predicted octanol–water partition coefficient (Wildman–Crippen LogP) is 1.44. The molecule has 0 spiro atoms. The molecule has 0 saturated carbocycles. The monoisotopic (exact) mass is 244 g/mol. The van der Waals surface area contributed by atoms with Gasteiger partial charge < -0.3 is 10.6 Å². The van der Waals surface area contributed by atoms with Crippen molar-refractivity contribution in [2.24, 2.45) is 0 Å². The van der Waals surface area contributed by atoms with E-state index < -0.39 is 0 Å². The van der Waals surface area contributed by atoms with Gasteiger partial charge in [0, 0.05) is 24.5 Å². The van der Waals surface area contributed by atoms with Gasteiger partial charge in [-0.25, -0.2) is 0 Å². The maximum Gasteiger partial charge on any atom is 0.248 e. The first-order valence-corrected chi connectivity index (χ1v) is 5.69. The van der Waals surface area contributed by atoms with E-state index in [1.54, 1.807) is 22.7 Å². The van der Waals surface area contributed by atoms with Crippen molar-refractivity contribution in [2.75, 3.05) is 17.7 Å². The summed E-state index contributed by atoms with van der Waals surface area (Å²) in [5, 5.41) is 4.07. The number of hydrogen-bond donors (Lipinski definition) is 1. The molecule has 0 aliphatic heterocycles. The number of nitrogens with zero attached hydrogens (tertiary/aromatic N) is 3. The Kier molecular flexibility index (Phi) is 3.32. The van der Waals surface area contributed by atoms with Gasteiger partial charge in [0.2, 0.25) is 5.91 Å². The standard InChI is InChI=1S/C13H16N4O/c1-10-8-12(14)15-17(10)9-13(18)16(2)11-6-4-3-5-7-11/h3-8H,9H2,1-2H3,(H2,14,15). The van der Waals surface area contributed by atoms with Crippen LogP contribution < -0.4 is 10.6 Å². The average Bonchev–Trinajstić information content (AvgIpc) is 2.68. The lowest BCUT2D eigenvalue weighted by molar-refractivity contribution is -0.119. The van der Waals surface area contributed by atoms with Gasteiger partial charge in [0.1, 0.15) is 12.4 Å². The Morgan fingerprint density at radius 2 is 2.06 bits per heavy atom. The van der Waals surface area contributed by atoms with E-state index in [1.165, 1.54) is 0 Å². The van der Waals surface area contributed by atoms with Crippen molar-refractivity contribution >= 4 is 17.4 Å². The molecule has 0 aliphatic rings. The molecule has 5 heteroatoms. The number of carbonyl (C=O) groups is 1. The summed E-state index contributed by atoms with van der Waals surface area (Å²) in [6, 6.07) is 11.2. The molecular weight excluding hydrogens is 228 g/mol. The van der Waals surface area contributed by atoms with Crippen LogP contribution >= 0.6 is 0 Å². The molecule has 0 aliphatic carbocycles. The second kappa shape index (κ2) is 4.91. The minimum Gasteiger partial charge on any atom is -0.382 e. The first-order chi connectivity index (χ1) is 8.58. The summed E-state index contributed by atoms with van der Waals surface area (Å²) in [7, 11) is 1.75. The SMILES string of the molecule is Cc1cc(N)nn1CC(=O)N(C)c1ccccc1. The number of aromatic nitrogens is 2. The smallest absolute Gasteiger partial charge is 0.248 e.